The van der Waals surface area contributed by atoms with Gasteiger partial charge in [-0.2, -0.15) is 0 Å². The molecule has 0 saturated heterocycles. The van der Waals surface area contributed by atoms with E-state index in [2.05, 4.69) is 4.98 Å². The van der Waals surface area contributed by atoms with Gasteiger partial charge in [0.05, 0.1) is 32.6 Å². The minimum atomic E-state index is -0.176. The van der Waals surface area contributed by atoms with Gasteiger partial charge in [-0.1, -0.05) is 6.07 Å². The summed E-state index contributed by atoms with van der Waals surface area (Å²) in [5.74, 6) is 2.42. The Morgan fingerprint density at radius 1 is 1.08 bits per heavy atom. The Balaban J connectivity index is 1.80. The van der Waals surface area contributed by atoms with E-state index in [9.17, 15) is 4.79 Å². The fourth-order valence-electron chi connectivity index (χ4n) is 3.06. The second kappa shape index (κ2) is 6.59. The topological polar surface area (TPSA) is 71.8 Å². The Morgan fingerprint density at radius 3 is 2.54 bits per heavy atom. The monoisotopic (exact) mass is 354 g/mol. The van der Waals surface area contributed by atoms with Crippen LogP contribution in [0.5, 0.6) is 23.0 Å². The van der Waals surface area contributed by atoms with Gasteiger partial charge in [0.15, 0.2) is 11.5 Å². The van der Waals surface area contributed by atoms with Gasteiger partial charge in [0.25, 0.3) is 5.56 Å². The summed E-state index contributed by atoms with van der Waals surface area (Å²) in [6, 6.07) is 8.96. The molecule has 0 spiro atoms. The van der Waals surface area contributed by atoms with Crippen LogP contribution in [-0.2, 0) is 6.54 Å². The van der Waals surface area contributed by atoms with Crippen molar-refractivity contribution in [1.29, 1.82) is 0 Å². The molecule has 0 N–H and O–H groups in total. The fraction of sp³-hybridized carbons (Fsp3) is 0.263. The van der Waals surface area contributed by atoms with E-state index in [4.69, 9.17) is 18.9 Å². The van der Waals surface area contributed by atoms with E-state index in [0.29, 0.717) is 53.7 Å². The van der Waals surface area contributed by atoms with Crippen molar-refractivity contribution >= 4 is 10.9 Å². The number of aromatic nitrogens is 2. The number of hydrogen-bond acceptors (Lipinski definition) is 6. The van der Waals surface area contributed by atoms with Crippen molar-refractivity contribution in [2.24, 2.45) is 0 Å². The van der Waals surface area contributed by atoms with Gasteiger partial charge >= 0.3 is 0 Å². The second-order valence-electron chi connectivity index (χ2n) is 5.84. The first-order valence-corrected chi connectivity index (χ1v) is 8.20. The zero-order chi connectivity index (χ0) is 18.1. The quantitative estimate of drug-likeness (QED) is 0.715. The van der Waals surface area contributed by atoms with E-state index in [1.807, 2.05) is 12.1 Å². The molecule has 7 heteroatoms. The Bertz CT molecular complexity index is 1030. The third kappa shape index (κ3) is 2.71. The standard InChI is InChI=1S/C19H18N2O5/c1-23-14-5-3-4-13-18(14)19(22)21(11-20-13)10-12-8-16-17(9-15(12)24-2)26-7-6-25-16/h3-5,8-9,11H,6-7,10H2,1-2H3. The van der Waals surface area contributed by atoms with Gasteiger partial charge in [0.1, 0.15) is 30.1 Å². The summed E-state index contributed by atoms with van der Waals surface area (Å²) in [6.07, 6.45) is 1.53. The molecule has 0 radical (unpaired) electrons. The van der Waals surface area contributed by atoms with Gasteiger partial charge < -0.3 is 18.9 Å². The summed E-state index contributed by atoms with van der Waals surface area (Å²) >= 11 is 0. The van der Waals surface area contributed by atoms with E-state index in [-0.39, 0.29) is 5.56 Å². The number of rotatable bonds is 4. The summed E-state index contributed by atoms with van der Waals surface area (Å²) < 4.78 is 23.5. The molecule has 0 bridgehead atoms. The van der Waals surface area contributed by atoms with Crippen LogP contribution in [0.3, 0.4) is 0 Å². The first-order valence-electron chi connectivity index (χ1n) is 8.20. The van der Waals surface area contributed by atoms with Crippen LogP contribution in [0.15, 0.2) is 41.5 Å². The minimum absolute atomic E-state index is 0.176. The highest BCUT2D eigenvalue weighted by atomic mass is 16.6. The number of fused-ring (bicyclic) bond motifs is 2. The van der Waals surface area contributed by atoms with Crippen molar-refractivity contribution in [1.82, 2.24) is 9.55 Å². The molecule has 1 aliphatic heterocycles. The molecule has 1 aromatic heterocycles. The SMILES string of the molecule is COc1cc2c(cc1Cn1cnc3cccc(OC)c3c1=O)OCCO2. The lowest BCUT2D eigenvalue weighted by Gasteiger charge is -2.21. The molecule has 26 heavy (non-hydrogen) atoms. The van der Waals surface area contributed by atoms with Crippen molar-refractivity contribution in [3.05, 3.63) is 52.6 Å². The van der Waals surface area contributed by atoms with E-state index in [1.54, 1.807) is 25.3 Å². The summed E-state index contributed by atoms with van der Waals surface area (Å²) in [7, 11) is 3.12. The molecule has 0 amide bonds. The normalized spacial score (nSPS) is 12.8. The molecule has 0 fully saturated rings. The van der Waals surface area contributed by atoms with Crippen LogP contribution in [0.1, 0.15) is 5.56 Å². The van der Waals surface area contributed by atoms with Gasteiger partial charge in [-0.3, -0.25) is 9.36 Å². The largest absolute Gasteiger partial charge is 0.496 e. The fourth-order valence-corrected chi connectivity index (χ4v) is 3.06. The smallest absolute Gasteiger partial charge is 0.265 e. The maximum Gasteiger partial charge on any atom is 0.265 e. The summed E-state index contributed by atoms with van der Waals surface area (Å²) in [5.41, 5.74) is 1.22. The molecule has 2 aromatic carbocycles. The summed E-state index contributed by atoms with van der Waals surface area (Å²) in [5, 5.41) is 0.453. The Morgan fingerprint density at radius 2 is 1.81 bits per heavy atom. The predicted octanol–water partition coefficient (Wildman–Crippen LogP) is 2.23. The van der Waals surface area contributed by atoms with Crippen LogP contribution >= 0.6 is 0 Å². The Labute approximate surface area is 149 Å². The van der Waals surface area contributed by atoms with Gasteiger partial charge in [-0.15, -0.1) is 0 Å². The minimum Gasteiger partial charge on any atom is -0.496 e. The van der Waals surface area contributed by atoms with Crippen molar-refractivity contribution in [2.45, 2.75) is 6.54 Å². The lowest BCUT2D eigenvalue weighted by atomic mass is 10.1. The molecule has 134 valence electrons. The highest BCUT2D eigenvalue weighted by Crippen LogP contribution is 2.37. The van der Waals surface area contributed by atoms with Crippen LogP contribution in [-0.4, -0.2) is 37.0 Å². The number of methoxy groups -OCH3 is 2. The zero-order valence-electron chi connectivity index (χ0n) is 14.5. The van der Waals surface area contributed by atoms with E-state index < -0.39 is 0 Å². The van der Waals surface area contributed by atoms with Crippen molar-refractivity contribution < 1.29 is 18.9 Å². The first kappa shape index (κ1) is 16.3. The molecule has 3 aromatic rings. The third-order valence-corrected chi connectivity index (χ3v) is 4.32. The predicted molar refractivity (Wildman–Crippen MR) is 95.6 cm³/mol. The molecule has 4 rings (SSSR count). The maximum atomic E-state index is 12.9. The molecule has 0 atom stereocenters. The van der Waals surface area contributed by atoms with E-state index in [0.717, 1.165) is 5.56 Å². The molecular formula is C19H18N2O5. The average molecular weight is 354 g/mol. The van der Waals surface area contributed by atoms with Crippen LogP contribution in [0.4, 0.5) is 0 Å². The van der Waals surface area contributed by atoms with Crippen LogP contribution in [0, 0.1) is 0 Å². The van der Waals surface area contributed by atoms with Crippen LogP contribution < -0.4 is 24.5 Å². The zero-order valence-corrected chi connectivity index (χ0v) is 14.5. The summed E-state index contributed by atoms with van der Waals surface area (Å²) in [4.78, 5) is 17.3. The third-order valence-electron chi connectivity index (χ3n) is 4.32. The lowest BCUT2D eigenvalue weighted by Crippen LogP contribution is -2.22. The van der Waals surface area contributed by atoms with Gasteiger partial charge in [-0.25, -0.2) is 4.98 Å². The number of benzene rings is 2. The molecule has 2 heterocycles. The second-order valence-corrected chi connectivity index (χ2v) is 5.84. The van der Waals surface area contributed by atoms with Crippen LogP contribution in [0.2, 0.25) is 0 Å². The van der Waals surface area contributed by atoms with Gasteiger partial charge in [0.2, 0.25) is 0 Å². The van der Waals surface area contributed by atoms with Gasteiger partial charge in [0, 0.05) is 11.6 Å². The number of nitrogens with zero attached hydrogens (tertiary/aromatic N) is 2. The molecule has 7 nitrogen and oxygen atoms in total. The molecule has 1 aliphatic rings. The van der Waals surface area contributed by atoms with E-state index >= 15 is 0 Å². The highest BCUT2D eigenvalue weighted by molar-refractivity contribution is 5.84. The molecule has 0 unspecified atom stereocenters. The summed E-state index contributed by atoms with van der Waals surface area (Å²) in [6.45, 7) is 1.29. The molecular weight excluding hydrogens is 336 g/mol. The van der Waals surface area contributed by atoms with Gasteiger partial charge in [-0.05, 0) is 18.2 Å². The van der Waals surface area contributed by atoms with Crippen LogP contribution in [0.25, 0.3) is 10.9 Å². The number of ether oxygens (including phenoxy) is 4. The Hall–Kier alpha value is -3.22. The molecule has 0 aliphatic carbocycles. The maximum absolute atomic E-state index is 12.9. The average Bonchev–Trinajstić information content (AvgIpc) is 2.69. The first-order chi connectivity index (χ1) is 12.7. The van der Waals surface area contributed by atoms with Crippen molar-refractivity contribution in [2.75, 3.05) is 27.4 Å². The number of hydrogen-bond donors (Lipinski definition) is 0. The van der Waals surface area contributed by atoms with Crippen molar-refractivity contribution in [3.63, 3.8) is 0 Å². The molecule has 0 saturated carbocycles. The van der Waals surface area contributed by atoms with E-state index in [1.165, 1.54) is 18.0 Å². The Kier molecular flexibility index (Phi) is 4.12. The van der Waals surface area contributed by atoms with Crippen molar-refractivity contribution in [3.8, 4) is 23.0 Å². The lowest BCUT2D eigenvalue weighted by molar-refractivity contribution is 0.170. The highest BCUT2D eigenvalue weighted by Gasteiger charge is 2.18.